The van der Waals surface area contributed by atoms with E-state index in [1.165, 1.54) is 0 Å². The lowest BCUT2D eigenvalue weighted by atomic mass is 9.57. The minimum Gasteiger partial charge on any atom is -0.851 e. The summed E-state index contributed by atoms with van der Waals surface area (Å²) in [6.45, 7) is 17.9. The Morgan fingerprint density at radius 3 is 1.16 bits per heavy atom. The van der Waals surface area contributed by atoms with Gasteiger partial charge in [-0.2, -0.15) is 0 Å². The van der Waals surface area contributed by atoms with Crippen molar-refractivity contribution in [3.05, 3.63) is 47.5 Å². The van der Waals surface area contributed by atoms with Gasteiger partial charge < -0.3 is 40.9 Å². The second-order valence-corrected chi connectivity index (χ2v) is 13.4. The van der Waals surface area contributed by atoms with Gasteiger partial charge in [-0.1, -0.05) is 85.8 Å². The number of hydrogen-bond acceptors (Lipinski definition) is 8. The van der Waals surface area contributed by atoms with E-state index in [1.807, 2.05) is 102 Å². The van der Waals surface area contributed by atoms with Crippen molar-refractivity contribution in [3.8, 4) is 0 Å². The van der Waals surface area contributed by atoms with Crippen molar-refractivity contribution in [1.29, 1.82) is 0 Å². The van der Waals surface area contributed by atoms with Gasteiger partial charge in [0.2, 0.25) is 0 Å². The van der Waals surface area contributed by atoms with Crippen LogP contribution in [0.1, 0.15) is 84.8 Å². The van der Waals surface area contributed by atoms with Gasteiger partial charge in [-0.05, 0) is 59.1 Å². The molecule has 8 nitrogen and oxygen atoms in total. The van der Waals surface area contributed by atoms with Crippen molar-refractivity contribution in [2.24, 2.45) is 23.7 Å². The van der Waals surface area contributed by atoms with Crippen LogP contribution in [0, 0.1) is 23.7 Å². The Hall–Kier alpha value is -2.52. The molecule has 2 aromatic rings. The predicted octanol–water partition coefficient (Wildman–Crippen LogP) is 3.44. The quantitative estimate of drug-likeness (QED) is 0.368. The first-order chi connectivity index (χ1) is 21.3. The number of anilines is 4. The summed E-state index contributed by atoms with van der Waals surface area (Å²) in [5, 5.41) is 60.7. The highest BCUT2D eigenvalue weighted by Crippen LogP contribution is 2.51. The summed E-state index contributed by atoms with van der Waals surface area (Å²) < 4.78 is 0. The summed E-state index contributed by atoms with van der Waals surface area (Å²) >= 11 is 0. The second-order valence-electron chi connectivity index (χ2n) is 13.4. The van der Waals surface area contributed by atoms with Gasteiger partial charge in [-0.25, -0.2) is 0 Å². The summed E-state index contributed by atoms with van der Waals surface area (Å²) in [5.74, 6) is -1.97. The molecule has 8 heteroatoms. The molecule has 256 valence electrons. The fraction of sp³-hybridized carbons (Fsp3) is 0.676. The number of nitrogens with zero attached hydrogens (tertiary/aromatic N) is 2. The fourth-order valence-corrected chi connectivity index (χ4v) is 6.24. The zero-order chi connectivity index (χ0) is 34.2. The second kappa shape index (κ2) is 17.4. The SMILES string of the molecule is CC.CC.CC(C)CNc1cc(N(C)C)ccc1C1C([O-])C(CC2C([O-])C(c3ccc(N(C)C)cc3NCC(C)C)C2[O-])C1[O-]. The summed E-state index contributed by atoms with van der Waals surface area (Å²) in [4.78, 5) is 3.98. The van der Waals surface area contributed by atoms with E-state index in [2.05, 4.69) is 38.3 Å². The Morgan fingerprint density at radius 2 is 0.889 bits per heavy atom. The van der Waals surface area contributed by atoms with Crippen LogP contribution < -0.4 is 40.9 Å². The Morgan fingerprint density at radius 1 is 0.578 bits per heavy atom. The van der Waals surface area contributed by atoms with Crippen molar-refractivity contribution < 1.29 is 20.4 Å². The lowest BCUT2D eigenvalue weighted by molar-refractivity contribution is -0.567. The molecule has 2 aromatic carbocycles. The van der Waals surface area contributed by atoms with E-state index in [1.54, 1.807) is 0 Å². The molecule has 4 rings (SSSR count). The van der Waals surface area contributed by atoms with Gasteiger partial charge in [0.25, 0.3) is 0 Å². The third kappa shape index (κ3) is 8.85. The number of rotatable bonds is 12. The molecule has 0 heterocycles. The fourth-order valence-electron chi connectivity index (χ4n) is 6.24. The molecule has 2 aliphatic rings. The van der Waals surface area contributed by atoms with Gasteiger partial charge in [0.05, 0.1) is 0 Å². The van der Waals surface area contributed by atoms with E-state index in [9.17, 15) is 20.4 Å². The summed E-state index contributed by atoms with van der Waals surface area (Å²) in [6, 6.07) is 11.7. The topological polar surface area (TPSA) is 123 Å². The molecule has 0 aliphatic heterocycles. The van der Waals surface area contributed by atoms with Crippen LogP contribution in [0.25, 0.3) is 0 Å². The standard InChI is InChI=1S/C33H48N4O4.2C2H6/c1-18(2)16-34-26-13-20(36(5)6)9-11-22(26)28-30(38)24(31(28)39)15-25-32(40)29(33(25)41)23-12-10-21(37(7)8)14-27(23)35-17-19(3)4;2*1-2/h9-14,18-19,24-25,28-35H,15-17H2,1-8H3;2*1-2H3/q-4;;. The maximum atomic E-state index is 13.5. The van der Waals surface area contributed by atoms with Crippen molar-refractivity contribution in [2.75, 3.05) is 61.7 Å². The zero-order valence-electron chi connectivity index (χ0n) is 29.9. The van der Waals surface area contributed by atoms with E-state index in [0.29, 0.717) is 11.8 Å². The van der Waals surface area contributed by atoms with Crippen molar-refractivity contribution in [3.63, 3.8) is 0 Å². The molecule has 2 N–H and O–H groups in total. The normalized spacial score (nSPS) is 26.9. The molecule has 0 amide bonds. The van der Waals surface area contributed by atoms with E-state index < -0.39 is 48.1 Å². The Labute approximate surface area is 273 Å². The van der Waals surface area contributed by atoms with Gasteiger partial charge in [-0.15, -0.1) is 24.4 Å². The highest BCUT2D eigenvalue weighted by Gasteiger charge is 2.45. The van der Waals surface area contributed by atoms with Crippen LogP contribution in [0.4, 0.5) is 22.7 Å². The summed E-state index contributed by atoms with van der Waals surface area (Å²) in [5.41, 5.74) is 5.13. The molecule has 0 bridgehead atoms. The zero-order valence-corrected chi connectivity index (χ0v) is 29.9. The van der Waals surface area contributed by atoms with Crippen LogP contribution in [0.3, 0.4) is 0 Å². The average molecular weight is 625 g/mol. The van der Waals surface area contributed by atoms with Gasteiger partial charge in [0.1, 0.15) is 0 Å². The first-order valence-corrected chi connectivity index (χ1v) is 17.0. The van der Waals surface area contributed by atoms with Crippen molar-refractivity contribution in [2.45, 2.75) is 98.1 Å². The smallest absolute Gasteiger partial charge is 0.0395 e. The number of nitrogens with one attached hydrogen (secondary N) is 2. The predicted molar refractivity (Wildman–Crippen MR) is 183 cm³/mol. The molecule has 4 atom stereocenters. The molecule has 0 radical (unpaired) electrons. The monoisotopic (exact) mass is 624 g/mol. The van der Waals surface area contributed by atoms with E-state index in [0.717, 1.165) is 47.0 Å². The van der Waals surface area contributed by atoms with Gasteiger partial charge in [-0.3, -0.25) is 0 Å². The highest BCUT2D eigenvalue weighted by molar-refractivity contribution is 5.65. The maximum Gasteiger partial charge on any atom is 0.0395 e. The van der Waals surface area contributed by atoms with Crippen LogP contribution >= 0.6 is 0 Å². The molecule has 0 spiro atoms. The minimum atomic E-state index is -1.12. The van der Waals surface area contributed by atoms with Crippen LogP contribution in [0.15, 0.2) is 36.4 Å². The molecule has 2 fully saturated rings. The third-order valence-corrected chi connectivity index (χ3v) is 8.87. The maximum absolute atomic E-state index is 13.5. The first-order valence-electron chi connectivity index (χ1n) is 17.0. The molecule has 2 aliphatic carbocycles. The molecule has 2 saturated carbocycles. The first kappa shape index (κ1) is 38.7. The van der Waals surface area contributed by atoms with Crippen LogP contribution in [0.5, 0.6) is 0 Å². The molecular formula is C37H60N4O4-4. The largest absolute Gasteiger partial charge is 0.851 e. The highest BCUT2D eigenvalue weighted by atomic mass is 16.3. The molecule has 0 saturated heterocycles. The van der Waals surface area contributed by atoms with Gasteiger partial charge in [0.15, 0.2) is 0 Å². The Balaban J connectivity index is 0.00000169. The van der Waals surface area contributed by atoms with Gasteiger partial charge in [0, 0.05) is 64.0 Å². The number of benzene rings is 2. The van der Waals surface area contributed by atoms with E-state index in [4.69, 9.17) is 0 Å². The Kier molecular flexibility index (Phi) is 15.0. The number of hydrogen-bond donors (Lipinski definition) is 2. The van der Waals surface area contributed by atoms with E-state index in [-0.39, 0.29) is 6.42 Å². The van der Waals surface area contributed by atoms with Gasteiger partial charge >= 0.3 is 0 Å². The summed E-state index contributed by atoms with van der Waals surface area (Å²) in [6.07, 6.45) is -4.37. The lowest BCUT2D eigenvalue weighted by Crippen LogP contribution is -2.70. The molecule has 4 unspecified atom stereocenters. The van der Waals surface area contributed by atoms with E-state index >= 15 is 0 Å². The third-order valence-electron chi connectivity index (χ3n) is 8.87. The molecule has 45 heavy (non-hydrogen) atoms. The summed E-state index contributed by atoms with van der Waals surface area (Å²) in [7, 11) is 7.83. The average Bonchev–Trinajstić information content (AvgIpc) is 3.01. The molecule has 0 aromatic heterocycles. The Bertz CT molecular complexity index is 1060. The van der Waals surface area contributed by atoms with Crippen LogP contribution in [-0.4, -0.2) is 65.7 Å². The van der Waals surface area contributed by atoms with Crippen molar-refractivity contribution in [1.82, 2.24) is 0 Å². The minimum absolute atomic E-state index is 0.118. The van der Waals surface area contributed by atoms with Crippen LogP contribution in [0.2, 0.25) is 0 Å². The van der Waals surface area contributed by atoms with Crippen molar-refractivity contribution >= 4 is 22.7 Å². The molecular weight excluding hydrogens is 564 g/mol. The lowest BCUT2D eigenvalue weighted by Gasteiger charge is -2.68. The van der Waals surface area contributed by atoms with Crippen LogP contribution in [-0.2, 0) is 0 Å².